The van der Waals surface area contributed by atoms with Gasteiger partial charge in [-0.3, -0.25) is 9.36 Å². The predicted octanol–water partition coefficient (Wildman–Crippen LogP) is 5.34. The maximum Gasteiger partial charge on any atom is 0.326 e. The number of benzene rings is 3. The monoisotopic (exact) mass is 492 g/mol. The molecule has 0 aliphatic carbocycles. The molecule has 0 atom stereocenters. The van der Waals surface area contributed by atoms with Gasteiger partial charge in [0.15, 0.2) is 0 Å². The second-order valence-corrected chi connectivity index (χ2v) is 9.65. The summed E-state index contributed by atoms with van der Waals surface area (Å²) in [4.78, 5) is 36.3. The Morgan fingerprint density at radius 3 is 2.62 bits per heavy atom. The van der Waals surface area contributed by atoms with Crippen molar-refractivity contribution in [2.24, 2.45) is 0 Å². The van der Waals surface area contributed by atoms with Crippen LogP contribution in [0.1, 0.15) is 34.8 Å². The van der Waals surface area contributed by atoms with E-state index in [2.05, 4.69) is 4.98 Å². The highest BCUT2D eigenvalue weighted by atomic mass is 16.5. The number of H-pyrrole nitrogens is 1. The van der Waals surface area contributed by atoms with Crippen molar-refractivity contribution in [2.45, 2.75) is 25.8 Å². The molecule has 0 unspecified atom stereocenters. The number of hydrogen-bond acceptors (Lipinski definition) is 4. The summed E-state index contributed by atoms with van der Waals surface area (Å²) in [7, 11) is 1.64. The molecular formula is C30H28N4O3. The SMILES string of the molecule is COc1cccc(-c2cc(C(=O)N3CCC(n4c(=O)[nH]c5ccccc54)CC3)c3cc(C)ccc3n2)c1. The molecule has 1 fully saturated rings. The predicted molar refractivity (Wildman–Crippen MR) is 145 cm³/mol. The first-order valence-electron chi connectivity index (χ1n) is 12.6. The van der Waals surface area contributed by atoms with Gasteiger partial charge in [0, 0.05) is 30.1 Å². The van der Waals surface area contributed by atoms with E-state index < -0.39 is 0 Å². The number of ether oxygens (including phenoxy) is 1. The van der Waals surface area contributed by atoms with Crippen LogP contribution in [0.4, 0.5) is 0 Å². The number of imidazole rings is 1. The van der Waals surface area contributed by atoms with Gasteiger partial charge in [0.1, 0.15) is 5.75 Å². The van der Waals surface area contributed by atoms with Crippen LogP contribution >= 0.6 is 0 Å². The second kappa shape index (κ2) is 9.24. The number of nitrogens with one attached hydrogen (secondary N) is 1. The van der Waals surface area contributed by atoms with E-state index in [9.17, 15) is 9.59 Å². The minimum Gasteiger partial charge on any atom is -0.497 e. The Morgan fingerprint density at radius 2 is 1.81 bits per heavy atom. The third kappa shape index (κ3) is 4.16. The molecule has 2 aromatic heterocycles. The zero-order chi connectivity index (χ0) is 25.5. The van der Waals surface area contributed by atoms with Gasteiger partial charge in [-0.15, -0.1) is 0 Å². The number of likely N-dealkylation sites (tertiary alicyclic amines) is 1. The first-order chi connectivity index (χ1) is 18.0. The molecule has 1 aliphatic rings. The fourth-order valence-corrected chi connectivity index (χ4v) is 5.38. The summed E-state index contributed by atoms with van der Waals surface area (Å²) < 4.78 is 7.25. The lowest BCUT2D eigenvalue weighted by Gasteiger charge is -2.33. The molecule has 1 aliphatic heterocycles. The van der Waals surface area contributed by atoms with E-state index in [4.69, 9.17) is 9.72 Å². The first kappa shape index (κ1) is 23.0. The number of aromatic amines is 1. The molecule has 6 rings (SSSR count). The molecule has 7 nitrogen and oxygen atoms in total. The van der Waals surface area contributed by atoms with Crippen LogP contribution in [0.2, 0.25) is 0 Å². The zero-order valence-electron chi connectivity index (χ0n) is 20.9. The van der Waals surface area contributed by atoms with Crippen LogP contribution < -0.4 is 10.4 Å². The number of nitrogens with zero attached hydrogens (tertiary/aromatic N) is 3. The molecule has 1 N–H and O–H groups in total. The lowest BCUT2D eigenvalue weighted by molar-refractivity contribution is 0.0697. The van der Waals surface area contributed by atoms with Crippen molar-refractivity contribution < 1.29 is 9.53 Å². The number of hydrogen-bond donors (Lipinski definition) is 1. The molecule has 1 amide bonds. The number of carbonyl (C=O) groups is 1. The van der Waals surface area contributed by atoms with Gasteiger partial charge < -0.3 is 14.6 Å². The third-order valence-electron chi connectivity index (χ3n) is 7.30. The van der Waals surface area contributed by atoms with Crippen LogP contribution in [-0.4, -0.2) is 45.5 Å². The number of methoxy groups -OCH3 is 1. The zero-order valence-corrected chi connectivity index (χ0v) is 20.9. The maximum atomic E-state index is 13.9. The summed E-state index contributed by atoms with van der Waals surface area (Å²) in [5.74, 6) is 0.734. The number of pyridine rings is 1. The Hall–Kier alpha value is -4.39. The standard InChI is InChI=1S/C30H28N4O3/c1-19-10-11-25-23(16-19)24(18-27(31-25)20-6-5-7-22(17-20)37-2)29(35)33-14-12-21(13-15-33)34-28-9-4-3-8-26(28)32-30(34)36/h3-11,16-18,21H,12-15H2,1-2H3,(H,32,36). The highest BCUT2D eigenvalue weighted by Gasteiger charge is 2.28. The molecular weight excluding hydrogens is 464 g/mol. The Morgan fingerprint density at radius 1 is 1.00 bits per heavy atom. The Balaban J connectivity index is 1.33. The molecule has 0 radical (unpaired) electrons. The van der Waals surface area contributed by atoms with Crippen molar-refractivity contribution in [1.29, 1.82) is 0 Å². The summed E-state index contributed by atoms with van der Waals surface area (Å²) >= 11 is 0. The second-order valence-electron chi connectivity index (χ2n) is 9.65. The number of aryl methyl sites for hydroxylation is 1. The summed E-state index contributed by atoms with van der Waals surface area (Å²) in [6.45, 7) is 3.19. The number of amides is 1. The fourth-order valence-electron chi connectivity index (χ4n) is 5.38. The van der Waals surface area contributed by atoms with E-state index in [1.54, 1.807) is 7.11 Å². The number of rotatable bonds is 4. The third-order valence-corrected chi connectivity index (χ3v) is 7.30. The van der Waals surface area contributed by atoms with Crippen molar-refractivity contribution in [3.05, 3.63) is 94.4 Å². The molecule has 5 aromatic rings. The van der Waals surface area contributed by atoms with E-state index in [1.165, 1.54) is 0 Å². The number of fused-ring (bicyclic) bond motifs is 2. The normalized spacial score (nSPS) is 14.4. The van der Waals surface area contributed by atoms with E-state index in [-0.39, 0.29) is 17.6 Å². The highest BCUT2D eigenvalue weighted by Crippen LogP contribution is 2.31. The van der Waals surface area contributed by atoms with Gasteiger partial charge in [0.2, 0.25) is 0 Å². The molecule has 7 heteroatoms. The maximum absolute atomic E-state index is 13.9. The number of para-hydroxylation sites is 2. The smallest absolute Gasteiger partial charge is 0.326 e. The van der Waals surface area contributed by atoms with Crippen molar-refractivity contribution in [3.8, 4) is 17.0 Å². The van der Waals surface area contributed by atoms with Crippen LogP contribution in [0.25, 0.3) is 33.2 Å². The molecule has 3 heterocycles. The van der Waals surface area contributed by atoms with E-state index >= 15 is 0 Å². The van der Waals surface area contributed by atoms with Gasteiger partial charge in [-0.25, -0.2) is 9.78 Å². The van der Waals surface area contributed by atoms with Gasteiger partial charge in [-0.05, 0) is 62.2 Å². The minimum absolute atomic E-state index is 0.00753. The molecule has 37 heavy (non-hydrogen) atoms. The Kier molecular flexibility index (Phi) is 5.75. The van der Waals surface area contributed by atoms with Crippen LogP contribution in [-0.2, 0) is 0 Å². The molecule has 3 aromatic carbocycles. The fraction of sp³-hybridized carbons (Fsp3) is 0.233. The largest absolute Gasteiger partial charge is 0.497 e. The average molecular weight is 493 g/mol. The van der Waals surface area contributed by atoms with Crippen LogP contribution in [0.15, 0.2) is 77.6 Å². The number of carbonyl (C=O) groups excluding carboxylic acids is 1. The molecule has 1 saturated heterocycles. The van der Waals surface area contributed by atoms with Gasteiger partial charge in [-0.1, -0.05) is 35.9 Å². The topological polar surface area (TPSA) is 80.2 Å². The van der Waals surface area contributed by atoms with Gasteiger partial charge in [0.05, 0.1) is 34.9 Å². The van der Waals surface area contributed by atoms with Crippen molar-refractivity contribution >= 4 is 27.8 Å². The summed E-state index contributed by atoms with van der Waals surface area (Å²) in [6, 6.07) is 23.4. The van der Waals surface area contributed by atoms with Crippen molar-refractivity contribution in [1.82, 2.24) is 19.4 Å². The lowest BCUT2D eigenvalue weighted by Crippen LogP contribution is -2.40. The number of piperidine rings is 1. The summed E-state index contributed by atoms with van der Waals surface area (Å²) in [5.41, 5.74) is 5.81. The van der Waals surface area contributed by atoms with Crippen molar-refractivity contribution in [2.75, 3.05) is 20.2 Å². The Labute approximate surface area is 214 Å². The highest BCUT2D eigenvalue weighted by molar-refractivity contribution is 6.07. The van der Waals surface area contributed by atoms with Crippen LogP contribution in [0.3, 0.4) is 0 Å². The summed E-state index contributed by atoms with van der Waals surface area (Å²) in [6.07, 6.45) is 1.44. The molecule has 0 bridgehead atoms. The lowest BCUT2D eigenvalue weighted by atomic mass is 9.99. The van der Waals surface area contributed by atoms with E-state index in [0.29, 0.717) is 18.7 Å². The quantitative estimate of drug-likeness (QED) is 0.367. The first-order valence-corrected chi connectivity index (χ1v) is 12.6. The van der Waals surface area contributed by atoms with E-state index in [0.717, 1.165) is 57.3 Å². The molecule has 0 saturated carbocycles. The van der Waals surface area contributed by atoms with E-state index in [1.807, 2.05) is 89.2 Å². The van der Waals surface area contributed by atoms with Crippen molar-refractivity contribution in [3.63, 3.8) is 0 Å². The van der Waals surface area contributed by atoms with Crippen LogP contribution in [0, 0.1) is 6.92 Å². The molecule has 0 spiro atoms. The Bertz CT molecular complexity index is 1690. The number of aromatic nitrogens is 3. The van der Waals surface area contributed by atoms with Crippen LogP contribution in [0.5, 0.6) is 5.75 Å². The van der Waals surface area contributed by atoms with Gasteiger partial charge in [0.25, 0.3) is 5.91 Å². The van der Waals surface area contributed by atoms with Gasteiger partial charge in [-0.2, -0.15) is 0 Å². The minimum atomic E-state index is -0.0930. The summed E-state index contributed by atoms with van der Waals surface area (Å²) in [5, 5.41) is 0.853. The van der Waals surface area contributed by atoms with Gasteiger partial charge >= 0.3 is 5.69 Å². The average Bonchev–Trinajstić information content (AvgIpc) is 3.27. The molecule has 186 valence electrons.